The Morgan fingerprint density at radius 3 is 2.95 bits per heavy atom. The minimum absolute atomic E-state index is 0.134. The fourth-order valence-electron chi connectivity index (χ4n) is 2.77. The van der Waals surface area contributed by atoms with Crippen LogP contribution in [0.5, 0.6) is 5.88 Å². The molecule has 1 unspecified atom stereocenters. The average molecular weight is 292 g/mol. The van der Waals surface area contributed by atoms with E-state index in [0.29, 0.717) is 11.8 Å². The van der Waals surface area contributed by atoms with Crippen LogP contribution in [-0.4, -0.2) is 42.3 Å². The van der Waals surface area contributed by atoms with E-state index in [0.717, 1.165) is 38.4 Å². The van der Waals surface area contributed by atoms with Gasteiger partial charge in [0.05, 0.1) is 6.10 Å². The molecule has 1 aliphatic rings. The van der Waals surface area contributed by atoms with Gasteiger partial charge in [0.25, 0.3) is 0 Å². The van der Waals surface area contributed by atoms with Gasteiger partial charge in [-0.3, -0.25) is 0 Å². The summed E-state index contributed by atoms with van der Waals surface area (Å²) < 4.78 is 5.68. The van der Waals surface area contributed by atoms with Crippen molar-refractivity contribution < 1.29 is 4.74 Å². The van der Waals surface area contributed by atoms with E-state index < -0.39 is 0 Å². The molecule has 0 spiro atoms. The van der Waals surface area contributed by atoms with Gasteiger partial charge in [0.1, 0.15) is 12.1 Å². The third kappa shape index (κ3) is 5.16. The van der Waals surface area contributed by atoms with E-state index >= 15 is 0 Å². The van der Waals surface area contributed by atoms with Gasteiger partial charge in [0, 0.05) is 19.2 Å². The van der Waals surface area contributed by atoms with Gasteiger partial charge in [0.2, 0.25) is 5.88 Å². The second-order valence-electron chi connectivity index (χ2n) is 6.04. The summed E-state index contributed by atoms with van der Waals surface area (Å²) >= 11 is 0. The number of nitrogens with one attached hydrogen (secondary N) is 1. The number of piperidine rings is 1. The van der Waals surface area contributed by atoms with E-state index in [2.05, 4.69) is 27.1 Å². The van der Waals surface area contributed by atoms with Crippen LogP contribution in [0.3, 0.4) is 0 Å². The van der Waals surface area contributed by atoms with Crippen LogP contribution in [0.25, 0.3) is 0 Å². The van der Waals surface area contributed by atoms with Crippen LogP contribution >= 0.6 is 0 Å². The van der Waals surface area contributed by atoms with Crippen molar-refractivity contribution in [2.45, 2.75) is 46.1 Å². The Morgan fingerprint density at radius 1 is 1.43 bits per heavy atom. The topological polar surface area (TPSA) is 50.3 Å². The van der Waals surface area contributed by atoms with Crippen molar-refractivity contribution in [1.29, 1.82) is 0 Å². The standard InChI is InChI=1S/C16H28N4O/c1-4-8-20(11-14-6-5-7-17-10-14)15-9-16(19-12-18-15)21-13(2)3/h9,12-14,17H,4-8,10-11H2,1-3H3. The molecule has 5 nitrogen and oxygen atoms in total. The van der Waals surface area contributed by atoms with Crippen LogP contribution in [0.1, 0.15) is 40.0 Å². The van der Waals surface area contributed by atoms with Crippen molar-refractivity contribution in [1.82, 2.24) is 15.3 Å². The van der Waals surface area contributed by atoms with Crippen LogP contribution in [0.4, 0.5) is 5.82 Å². The van der Waals surface area contributed by atoms with Crippen molar-refractivity contribution >= 4 is 5.82 Å². The molecule has 0 amide bonds. The highest BCUT2D eigenvalue weighted by atomic mass is 16.5. The van der Waals surface area contributed by atoms with Crippen molar-refractivity contribution in [3.05, 3.63) is 12.4 Å². The summed E-state index contributed by atoms with van der Waals surface area (Å²) in [7, 11) is 0. The Balaban J connectivity index is 2.05. The maximum Gasteiger partial charge on any atom is 0.218 e. The number of rotatable bonds is 7. The third-order valence-electron chi connectivity index (χ3n) is 3.68. The van der Waals surface area contributed by atoms with Crippen LogP contribution in [0.2, 0.25) is 0 Å². The number of nitrogens with zero attached hydrogens (tertiary/aromatic N) is 3. The molecule has 1 fully saturated rings. The van der Waals surface area contributed by atoms with Gasteiger partial charge in [-0.2, -0.15) is 0 Å². The number of aromatic nitrogens is 2. The van der Waals surface area contributed by atoms with E-state index in [1.165, 1.54) is 12.8 Å². The predicted octanol–water partition coefficient (Wildman–Crippen LogP) is 2.48. The molecule has 1 aromatic rings. The molecular formula is C16H28N4O. The second kappa shape index (κ2) is 8.17. The number of ether oxygens (including phenoxy) is 1. The molecule has 0 bridgehead atoms. The first-order valence-electron chi connectivity index (χ1n) is 8.13. The zero-order chi connectivity index (χ0) is 15.1. The summed E-state index contributed by atoms with van der Waals surface area (Å²) in [6.45, 7) is 10.6. The van der Waals surface area contributed by atoms with Gasteiger partial charge in [-0.25, -0.2) is 9.97 Å². The maximum absolute atomic E-state index is 5.68. The van der Waals surface area contributed by atoms with E-state index in [4.69, 9.17) is 4.74 Å². The molecule has 1 aliphatic heterocycles. The Bertz CT molecular complexity index is 418. The zero-order valence-electron chi connectivity index (χ0n) is 13.5. The van der Waals surface area contributed by atoms with Gasteiger partial charge < -0.3 is 15.0 Å². The van der Waals surface area contributed by atoms with Gasteiger partial charge >= 0.3 is 0 Å². The van der Waals surface area contributed by atoms with Crippen LogP contribution in [0.15, 0.2) is 12.4 Å². The molecule has 0 radical (unpaired) electrons. The van der Waals surface area contributed by atoms with Crippen LogP contribution < -0.4 is 15.0 Å². The normalized spacial score (nSPS) is 18.8. The minimum Gasteiger partial charge on any atom is -0.475 e. The molecule has 0 aliphatic carbocycles. The van der Waals surface area contributed by atoms with Crippen LogP contribution in [0, 0.1) is 5.92 Å². The number of anilines is 1. The van der Waals surface area contributed by atoms with Crippen molar-refractivity contribution in [3.63, 3.8) is 0 Å². The number of hydrogen-bond donors (Lipinski definition) is 1. The number of hydrogen-bond acceptors (Lipinski definition) is 5. The molecule has 21 heavy (non-hydrogen) atoms. The SMILES string of the molecule is CCCN(CC1CCCNC1)c1cc(OC(C)C)ncn1. The Morgan fingerprint density at radius 2 is 2.29 bits per heavy atom. The second-order valence-corrected chi connectivity index (χ2v) is 6.04. The molecule has 1 N–H and O–H groups in total. The fraction of sp³-hybridized carbons (Fsp3) is 0.750. The summed E-state index contributed by atoms with van der Waals surface area (Å²) in [6, 6.07) is 1.96. The molecule has 0 saturated carbocycles. The molecule has 118 valence electrons. The summed E-state index contributed by atoms with van der Waals surface area (Å²) in [5.41, 5.74) is 0. The smallest absolute Gasteiger partial charge is 0.218 e. The lowest BCUT2D eigenvalue weighted by Crippen LogP contribution is -2.39. The predicted molar refractivity (Wildman–Crippen MR) is 85.9 cm³/mol. The lowest BCUT2D eigenvalue weighted by atomic mass is 9.99. The summed E-state index contributed by atoms with van der Waals surface area (Å²) in [5.74, 6) is 2.35. The molecule has 0 aromatic carbocycles. The Labute approximate surface area is 128 Å². The van der Waals surface area contributed by atoms with Crippen molar-refractivity contribution in [2.24, 2.45) is 5.92 Å². The summed E-state index contributed by atoms with van der Waals surface area (Å²) in [6.07, 6.45) is 5.43. The maximum atomic E-state index is 5.68. The fourth-order valence-corrected chi connectivity index (χ4v) is 2.77. The quantitative estimate of drug-likeness (QED) is 0.836. The van der Waals surface area contributed by atoms with Crippen molar-refractivity contribution in [2.75, 3.05) is 31.1 Å². The van der Waals surface area contributed by atoms with Crippen molar-refractivity contribution in [3.8, 4) is 5.88 Å². The largest absolute Gasteiger partial charge is 0.475 e. The van der Waals surface area contributed by atoms with E-state index in [1.54, 1.807) is 6.33 Å². The summed E-state index contributed by atoms with van der Waals surface area (Å²) in [4.78, 5) is 11.0. The first-order valence-corrected chi connectivity index (χ1v) is 8.13. The lowest BCUT2D eigenvalue weighted by Gasteiger charge is -2.30. The first kappa shape index (κ1) is 16.0. The van der Waals surface area contributed by atoms with Gasteiger partial charge in [0.15, 0.2) is 0 Å². The molecule has 1 atom stereocenters. The molecule has 1 saturated heterocycles. The van der Waals surface area contributed by atoms with Crippen LogP contribution in [-0.2, 0) is 0 Å². The first-order chi connectivity index (χ1) is 10.2. The van der Waals surface area contributed by atoms with E-state index in [9.17, 15) is 0 Å². The van der Waals surface area contributed by atoms with Gasteiger partial charge in [-0.05, 0) is 52.1 Å². The monoisotopic (exact) mass is 292 g/mol. The Kier molecular flexibility index (Phi) is 6.23. The molecule has 2 heterocycles. The Hall–Kier alpha value is -1.36. The highest BCUT2D eigenvalue weighted by molar-refractivity contribution is 5.40. The van der Waals surface area contributed by atoms with E-state index in [1.807, 2.05) is 19.9 Å². The molecule has 1 aromatic heterocycles. The highest BCUT2D eigenvalue weighted by Crippen LogP contribution is 2.20. The zero-order valence-corrected chi connectivity index (χ0v) is 13.5. The van der Waals surface area contributed by atoms with E-state index in [-0.39, 0.29) is 6.10 Å². The average Bonchev–Trinajstić information content (AvgIpc) is 2.47. The van der Waals surface area contributed by atoms with Gasteiger partial charge in [-0.1, -0.05) is 6.92 Å². The molecule has 5 heteroatoms. The lowest BCUT2D eigenvalue weighted by molar-refractivity contribution is 0.232. The highest BCUT2D eigenvalue weighted by Gasteiger charge is 2.18. The molecule has 2 rings (SSSR count). The van der Waals surface area contributed by atoms with Gasteiger partial charge in [-0.15, -0.1) is 0 Å². The molecular weight excluding hydrogens is 264 g/mol. The minimum atomic E-state index is 0.134. The summed E-state index contributed by atoms with van der Waals surface area (Å²) in [5, 5.41) is 3.49. The third-order valence-corrected chi connectivity index (χ3v) is 3.68.